The van der Waals surface area contributed by atoms with Gasteiger partial charge in [0.2, 0.25) is 0 Å². The molecule has 83 heavy (non-hydrogen) atoms. The van der Waals surface area contributed by atoms with Crippen molar-refractivity contribution in [3.63, 3.8) is 0 Å². The second-order valence-corrected chi connectivity index (χ2v) is 20.9. The monoisotopic (exact) mass is 1140 g/mol. The molecule has 0 aromatic heterocycles. The summed E-state index contributed by atoms with van der Waals surface area (Å²) in [6, 6.07) is 0. The summed E-state index contributed by atoms with van der Waals surface area (Å²) in [5, 5.41) is 0. The van der Waals surface area contributed by atoms with E-state index in [1.54, 1.807) is 0 Å². The van der Waals surface area contributed by atoms with Crippen LogP contribution in [0.25, 0.3) is 0 Å². The van der Waals surface area contributed by atoms with Crippen molar-refractivity contribution in [2.24, 2.45) is 0 Å². The van der Waals surface area contributed by atoms with Crippen LogP contribution >= 0.6 is 0 Å². The van der Waals surface area contributed by atoms with Crippen LogP contribution in [-0.2, 0) is 28.6 Å². The van der Waals surface area contributed by atoms with Gasteiger partial charge in [-0.3, -0.25) is 14.4 Å². The normalized spacial score (nSPS) is 13.4. The highest BCUT2D eigenvalue weighted by atomic mass is 16.6. The summed E-state index contributed by atoms with van der Waals surface area (Å²) in [5.41, 5.74) is 0. The molecule has 0 N–H and O–H groups in total. The van der Waals surface area contributed by atoms with E-state index in [-0.39, 0.29) is 44.0 Å². The van der Waals surface area contributed by atoms with Gasteiger partial charge in [-0.1, -0.05) is 273 Å². The Bertz CT molecular complexity index is 1990. The van der Waals surface area contributed by atoms with Crippen LogP contribution in [0.1, 0.15) is 252 Å². The van der Waals surface area contributed by atoms with E-state index in [1.807, 2.05) is 0 Å². The molecule has 0 aliphatic heterocycles. The molecule has 0 rings (SSSR count). The Morgan fingerprint density at radius 2 is 0.446 bits per heavy atom. The first kappa shape index (κ1) is 77.2. The van der Waals surface area contributed by atoms with Crippen LogP contribution in [-0.4, -0.2) is 37.2 Å². The Kier molecular flexibility index (Phi) is 64.0. The maximum atomic E-state index is 12.9. The largest absolute Gasteiger partial charge is 0.462 e. The summed E-state index contributed by atoms with van der Waals surface area (Å²) in [7, 11) is 0. The minimum atomic E-state index is -0.839. The third-order valence-electron chi connectivity index (χ3n) is 13.1. The summed E-state index contributed by atoms with van der Waals surface area (Å²) in [4.78, 5) is 38.4. The number of carbonyl (C=O) groups excluding carboxylic acids is 3. The van der Waals surface area contributed by atoms with E-state index in [4.69, 9.17) is 14.2 Å². The second kappa shape index (κ2) is 68.7. The molecule has 0 aliphatic rings. The van der Waals surface area contributed by atoms with E-state index in [1.165, 1.54) is 57.8 Å². The molecule has 0 aromatic rings. The lowest BCUT2D eigenvalue weighted by Crippen LogP contribution is -2.30. The topological polar surface area (TPSA) is 78.9 Å². The molecule has 1 atom stereocenters. The number of rotatable bonds is 57. The van der Waals surface area contributed by atoms with E-state index in [0.29, 0.717) is 19.3 Å². The molecule has 462 valence electrons. The first-order valence-electron chi connectivity index (χ1n) is 32.9. The number of unbranched alkanes of at least 4 members (excludes halogenated alkanes) is 14. The molecule has 0 saturated heterocycles. The minimum Gasteiger partial charge on any atom is -0.462 e. The number of carbonyl (C=O) groups is 3. The highest BCUT2D eigenvalue weighted by Crippen LogP contribution is 2.14. The third kappa shape index (κ3) is 66.9. The van der Waals surface area contributed by atoms with E-state index < -0.39 is 6.10 Å². The lowest BCUT2D eigenvalue weighted by Gasteiger charge is -2.18. The molecular weight excluding hydrogens is 1020 g/mol. The number of hydrogen-bond donors (Lipinski definition) is 0. The molecule has 1 unspecified atom stereocenters. The Hall–Kier alpha value is -5.75. The highest BCUT2D eigenvalue weighted by Gasteiger charge is 2.19. The van der Waals surface area contributed by atoms with Gasteiger partial charge in [-0.15, -0.1) is 0 Å². The molecular formula is C77H118O6. The second-order valence-electron chi connectivity index (χ2n) is 20.9. The van der Waals surface area contributed by atoms with Crippen molar-refractivity contribution in [2.45, 2.75) is 258 Å². The van der Waals surface area contributed by atoms with Crippen LogP contribution in [0.2, 0.25) is 0 Å². The molecule has 0 saturated carbocycles. The van der Waals surface area contributed by atoms with E-state index >= 15 is 0 Å². The van der Waals surface area contributed by atoms with Crippen molar-refractivity contribution in [1.82, 2.24) is 0 Å². The van der Waals surface area contributed by atoms with Crippen molar-refractivity contribution in [2.75, 3.05) is 13.2 Å². The van der Waals surface area contributed by atoms with Gasteiger partial charge in [0.25, 0.3) is 0 Å². The summed E-state index contributed by atoms with van der Waals surface area (Å²) >= 11 is 0. The SMILES string of the molecule is CC/C=C\C/C=C\C/C=C\C/C=C\C/C=C\C/C=C\CCCCC(=O)OC(COC(=O)CCC/C=C\C/C=C\C/C=C\C/C=C\C/C=C\CC)COC(=O)CCCCCCCCCCCCC/C=C\C/C=C\C/C=C\C/C=C\C/C=C\CC. The van der Waals surface area contributed by atoms with Crippen LogP contribution < -0.4 is 0 Å². The van der Waals surface area contributed by atoms with Gasteiger partial charge in [-0.05, 0) is 154 Å². The Morgan fingerprint density at radius 3 is 0.747 bits per heavy atom. The fraction of sp³-hybridized carbons (Fsp3) is 0.545. The summed E-state index contributed by atoms with van der Waals surface area (Å²) in [6.45, 7) is 6.20. The third-order valence-corrected chi connectivity index (χ3v) is 13.1. The van der Waals surface area contributed by atoms with Crippen molar-refractivity contribution < 1.29 is 28.6 Å². The fourth-order valence-corrected chi connectivity index (χ4v) is 8.27. The maximum Gasteiger partial charge on any atom is 0.306 e. The van der Waals surface area contributed by atoms with Crippen LogP contribution in [0.4, 0.5) is 0 Å². The molecule has 0 spiro atoms. The zero-order valence-corrected chi connectivity index (χ0v) is 52.9. The van der Waals surface area contributed by atoms with Crippen LogP contribution in [0.3, 0.4) is 0 Å². The first-order chi connectivity index (χ1) is 41.0. The zero-order chi connectivity index (χ0) is 59.9. The molecule has 0 bridgehead atoms. The zero-order valence-electron chi connectivity index (χ0n) is 52.9. The fourth-order valence-electron chi connectivity index (χ4n) is 8.27. The van der Waals surface area contributed by atoms with E-state index in [0.717, 1.165) is 141 Å². The quantitative estimate of drug-likeness (QED) is 0.0261. The first-order valence-corrected chi connectivity index (χ1v) is 32.9. The van der Waals surface area contributed by atoms with Gasteiger partial charge in [0.1, 0.15) is 13.2 Å². The molecule has 0 heterocycles. The van der Waals surface area contributed by atoms with Crippen molar-refractivity contribution in [3.05, 3.63) is 194 Å². The molecule has 0 aliphatic carbocycles. The Balaban J connectivity index is 4.53. The average Bonchev–Trinajstić information content (AvgIpc) is 3.50. The van der Waals surface area contributed by atoms with Gasteiger partial charge in [-0.25, -0.2) is 0 Å². The highest BCUT2D eigenvalue weighted by molar-refractivity contribution is 5.71. The van der Waals surface area contributed by atoms with E-state index in [2.05, 4.69) is 215 Å². The van der Waals surface area contributed by atoms with Crippen LogP contribution in [0.5, 0.6) is 0 Å². The van der Waals surface area contributed by atoms with Gasteiger partial charge in [0, 0.05) is 19.3 Å². The van der Waals surface area contributed by atoms with Gasteiger partial charge in [0.05, 0.1) is 0 Å². The number of hydrogen-bond acceptors (Lipinski definition) is 6. The Labute approximate surface area is 509 Å². The Morgan fingerprint density at radius 1 is 0.241 bits per heavy atom. The summed E-state index contributed by atoms with van der Waals surface area (Å²) in [6.07, 6.45) is 104. The van der Waals surface area contributed by atoms with Gasteiger partial charge in [0.15, 0.2) is 6.10 Å². The smallest absolute Gasteiger partial charge is 0.306 e. The molecule has 0 fully saturated rings. The van der Waals surface area contributed by atoms with E-state index in [9.17, 15) is 14.4 Å². The molecule has 6 nitrogen and oxygen atoms in total. The van der Waals surface area contributed by atoms with Crippen LogP contribution in [0.15, 0.2) is 194 Å². The summed E-state index contributed by atoms with van der Waals surface area (Å²) < 4.78 is 16.9. The minimum absolute atomic E-state index is 0.125. The maximum absolute atomic E-state index is 12.9. The lowest BCUT2D eigenvalue weighted by atomic mass is 10.0. The number of ether oxygens (including phenoxy) is 3. The average molecular weight is 1140 g/mol. The molecule has 0 aromatic carbocycles. The lowest BCUT2D eigenvalue weighted by molar-refractivity contribution is -0.167. The van der Waals surface area contributed by atoms with Gasteiger partial charge in [-0.2, -0.15) is 0 Å². The summed E-state index contributed by atoms with van der Waals surface area (Å²) in [5.74, 6) is -1.04. The predicted molar refractivity (Wildman–Crippen MR) is 361 cm³/mol. The number of esters is 3. The van der Waals surface area contributed by atoms with Crippen LogP contribution in [0, 0.1) is 0 Å². The number of allylic oxidation sites excluding steroid dienone is 32. The molecule has 0 amide bonds. The molecule has 0 radical (unpaired) electrons. The standard InChI is InChI=1S/C77H118O6/c1-4-7-10-13-16-19-22-25-28-31-33-35-36-37-38-39-40-42-43-46-49-52-55-58-61-64-67-70-76(79)82-73-74(72-81-75(78)69-66-63-60-57-54-51-48-45-30-27-24-21-18-15-12-9-6-3)83-77(80)71-68-65-62-59-56-53-50-47-44-41-34-32-29-26-23-20-17-14-11-8-5-2/h7-12,16-21,25-30,33-35,37-38,41,47-48,50-51,56-57,59-60,74H,4-6,13-15,22-24,31-32,36,39-40,42-46,49,52-55,58,61-73H2,1-3H3/b10-7-,11-8-,12-9-,19-16-,20-17-,21-18-,28-25-,29-26-,30-27-,35-33-,38-37-,41-34-,50-47-,51-48-,59-56-,60-57-. The van der Waals surface area contributed by atoms with Gasteiger partial charge < -0.3 is 14.2 Å². The van der Waals surface area contributed by atoms with Gasteiger partial charge >= 0.3 is 17.9 Å². The van der Waals surface area contributed by atoms with Crippen molar-refractivity contribution in [1.29, 1.82) is 0 Å². The molecule has 6 heteroatoms. The van der Waals surface area contributed by atoms with Crippen molar-refractivity contribution >= 4 is 17.9 Å². The predicted octanol–water partition coefficient (Wildman–Crippen LogP) is 23.0. The van der Waals surface area contributed by atoms with Crippen molar-refractivity contribution in [3.8, 4) is 0 Å².